The van der Waals surface area contributed by atoms with Crippen LogP contribution in [-0.2, 0) is 0 Å². The van der Waals surface area contributed by atoms with Gasteiger partial charge in [-0.15, -0.1) is 11.6 Å². The predicted octanol–water partition coefficient (Wildman–Crippen LogP) is 3.45. The van der Waals surface area contributed by atoms with Crippen molar-refractivity contribution < 1.29 is 4.74 Å². The van der Waals surface area contributed by atoms with Crippen molar-refractivity contribution in [1.29, 1.82) is 0 Å². The van der Waals surface area contributed by atoms with Crippen LogP contribution in [0.25, 0.3) is 0 Å². The van der Waals surface area contributed by atoms with Crippen molar-refractivity contribution in [2.45, 2.75) is 32.2 Å². The van der Waals surface area contributed by atoms with Crippen LogP contribution in [0.2, 0.25) is 0 Å². The molecule has 0 unspecified atom stereocenters. The van der Waals surface area contributed by atoms with Gasteiger partial charge in [0.05, 0.1) is 6.61 Å². The van der Waals surface area contributed by atoms with Crippen LogP contribution in [-0.4, -0.2) is 24.6 Å². The van der Waals surface area contributed by atoms with Gasteiger partial charge in [0.25, 0.3) is 0 Å². The molecule has 0 amide bonds. The molecule has 1 N–H and O–H groups in total. The molecule has 0 saturated carbocycles. The van der Waals surface area contributed by atoms with Crippen molar-refractivity contribution in [1.82, 2.24) is 5.32 Å². The van der Waals surface area contributed by atoms with E-state index in [9.17, 15) is 0 Å². The van der Waals surface area contributed by atoms with E-state index < -0.39 is 0 Å². The molecule has 0 bridgehead atoms. The van der Waals surface area contributed by atoms with E-state index in [0.29, 0.717) is 5.88 Å². The molecular weight excluding hydrogens is 234 g/mol. The maximum atomic E-state index is 5.74. The topological polar surface area (TPSA) is 21.3 Å². The van der Waals surface area contributed by atoms with E-state index in [-0.39, 0.29) is 5.54 Å². The Labute approximate surface area is 109 Å². The minimum Gasteiger partial charge on any atom is -0.494 e. The molecule has 96 valence electrons. The van der Waals surface area contributed by atoms with Gasteiger partial charge in [-0.2, -0.15) is 0 Å². The molecule has 0 saturated heterocycles. The SMILES string of the molecule is CC(C)(CCCl)NCCCOc1ccccc1. The van der Waals surface area contributed by atoms with Crippen LogP contribution in [0.1, 0.15) is 26.7 Å². The Bertz CT molecular complexity index is 300. The molecule has 0 radical (unpaired) electrons. The Kier molecular flexibility index (Phi) is 6.38. The zero-order chi connectivity index (χ0) is 12.6. The fourth-order valence-corrected chi connectivity index (χ4v) is 2.00. The van der Waals surface area contributed by atoms with Crippen molar-refractivity contribution in [3.05, 3.63) is 30.3 Å². The molecule has 1 rings (SSSR count). The second-order valence-electron chi connectivity index (χ2n) is 4.76. The highest BCUT2D eigenvalue weighted by atomic mass is 35.5. The molecule has 1 aromatic carbocycles. The quantitative estimate of drug-likeness (QED) is 0.568. The van der Waals surface area contributed by atoms with Gasteiger partial charge in [0.2, 0.25) is 0 Å². The lowest BCUT2D eigenvalue weighted by atomic mass is 10.0. The first-order chi connectivity index (χ1) is 8.14. The summed E-state index contributed by atoms with van der Waals surface area (Å²) < 4.78 is 5.61. The van der Waals surface area contributed by atoms with E-state index in [2.05, 4.69) is 19.2 Å². The second-order valence-corrected chi connectivity index (χ2v) is 5.14. The summed E-state index contributed by atoms with van der Waals surface area (Å²) in [6.45, 7) is 6.05. The molecule has 0 fully saturated rings. The van der Waals surface area contributed by atoms with Gasteiger partial charge in [-0.1, -0.05) is 18.2 Å². The Hall–Kier alpha value is -0.730. The van der Waals surface area contributed by atoms with Gasteiger partial charge in [-0.3, -0.25) is 0 Å². The summed E-state index contributed by atoms with van der Waals surface area (Å²) in [6, 6.07) is 9.91. The Morgan fingerprint density at radius 2 is 1.94 bits per heavy atom. The number of rotatable bonds is 8. The smallest absolute Gasteiger partial charge is 0.119 e. The summed E-state index contributed by atoms with van der Waals surface area (Å²) in [4.78, 5) is 0. The van der Waals surface area contributed by atoms with Crippen molar-refractivity contribution >= 4 is 11.6 Å². The lowest BCUT2D eigenvalue weighted by Crippen LogP contribution is -2.40. The third-order valence-electron chi connectivity index (χ3n) is 2.66. The highest BCUT2D eigenvalue weighted by Gasteiger charge is 2.14. The zero-order valence-electron chi connectivity index (χ0n) is 10.7. The molecule has 0 aliphatic rings. The number of ether oxygens (including phenoxy) is 1. The second kappa shape index (κ2) is 7.57. The summed E-state index contributed by atoms with van der Waals surface area (Å²) >= 11 is 5.74. The Balaban J connectivity index is 2.09. The van der Waals surface area contributed by atoms with E-state index in [4.69, 9.17) is 16.3 Å². The van der Waals surface area contributed by atoms with Crippen LogP contribution >= 0.6 is 11.6 Å². The van der Waals surface area contributed by atoms with Crippen LogP contribution in [0.3, 0.4) is 0 Å². The minimum absolute atomic E-state index is 0.120. The van der Waals surface area contributed by atoms with Crippen molar-refractivity contribution in [2.75, 3.05) is 19.0 Å². The largest absolute Gasteiger partial charge is 0.494 e. The summed E-state index contributed by atoms with van der Waals surface area (Å²) in [5.74, 6) is 1.63. The average Bonchev–Trinajstić information content (AvgIpc) is 2.30. The molecule has 0 aliphatic heterocycles. The van der Waals surface area contributed by atoms with Gasteiger partial charge in [0, 0.05) is 11.4 Å². The van der Waals surface area contributed by atoms with Crippen LogP contribution in [0.4, 0.5) is 0 Å². The third kappa shape index (κ3) is 6.54. The normalized spacial score (nSPS) is 11.5. The number of halogens is 1. The standard InChI is InChI=1S/C14H22ClNO/c1-14(2,9-10-15)16-11-6-12-17-13-7-4-3-5-8-13/h3-5,7-8,16H,6,9-12H2,1-2H3. The molecule has 0 spiro atoms. The average molecular weight is 256 g/mol. The first-order valence-electron chi connectivity index (χ1n) is 6.13. The van der Waals surface area contributed by atoms with E-state index >= 15 is 0 Å². The number of hydrogen-bond donors (Lipinski definition) is 1. The van der Waals surface area contributed by atoms with E-state index in [0.717, 1.165) is 31.7 Å². The van der Waals surface area contributed by atoms with E-state index in [1.165, 1.54) is 0 Å². The molecule has 0 aliphatic carbocycles. The van der Waals surface area contributed by atoms with Gasteiger partial charge in [0.15, 0.2) is 0 Å². The number of hydrogen-bond acceptors (Lipinski definition) is 2. The number of alkyl halides is 1. The van der Waals surface area contributed by atoms with Gasteiger partial charge < -0.3 is 10.1 Å². The lowest BCUT2D eigenvalue weighted by Gasteiger charge is -2.25. The van der Waals surface area contributed by atoms with Gasteiger partial charge >= 0.3 is 0 Å². The van der Waals surface area contributed by atoms with Crippen molar-refractivity contribution in [3.8, 4) is 5.75 Å². The third-order valence-corrected chi connectivity index (χ3v) is 2.85. The molecule has 0 aromatic heterocycles. The summed E-state index contributed by atoms with van der Waals surface area (Å²) in [5, 5.41) is 3.48. The molecule has 3 heteroatoms. The zero-order valence-corrected chi connectivity index (χ0v) is 11.5. The number of nitrogens with one attached hydrogen (secondary N) is 1. The maximum Gasteiger partial charge on any atom is 0.119 e. The van der Waals surface area contributed by atoms with Crippen LogP contribution in [0.15, 0.2) is 30.3 Å². The first-order valence-corrected chi connectivity index (χ1v) is 6.66. The van der Waals surface area contributed by atoms with E-state index in [1.54, 1.807) is 0 Å². The predicted molar refractivity (Wildman–Crippen MR) is 74.0 cm³/mol. The fraction of sp³-hybridized carbons (Fsp3) is 0.571. The number of benzene rings is 1. The molecule has 17 heavy (non-hydrogen) atoms. The summed E-state index contributed by atoms with van der Waals surface area (Å²) in [7, 11) is 0. The van der Waals surface area contributed by atoms with Gasteiger partial charge in [0.1, 0.15) is 5.75 Å². The van der Waals surface area contributed by atoms with Gasteiger partial charge in [-0.05, 0) is 45.4 Å². The van der Waals surface area contributed by atoms with Crippen LogP contribution in [0.5, 0.6) is 5.75 Å². The number of para-hydroxylation sites is 1. The fourth-order valence-electron chi connectivity index (χ4n) is 1.53. The van der Waals surface area contributed by atoms with Crippen molar-refractivity contribution in [2.24, 2.45) is 0 Å². The summed E-state index contributed by atoms with van der Waals surface area (Å²) in [5.41, 5.74) is 0.120. The van der Waals surface area contributed by atoms with Crippen LogP contribution < -0.4 is 10.1 Å². The van der Waals surface area contributed by atoms with Crippen molar-refractivity contribution in [3.63, 3.8) is 0 Å². The molecule has 0 atom stereocenters. The summed E-state index contributed by atoms with van der Waals surface area (Å²) in [6.07, 6.45) is 1.98. The molecule has 2 nitrogen and oxygen atoms in total. The maximum absolute atomic E-state index is 5.74. The lowest BCUT2D eigenvalue weighted by molar-refractivity contribution is 0.292. The molecular formula is C14H22ClNO. The van der Waals surface area contributed by atoms with E-state index in [1.807, 2.05) is 30.3 Å². The Morgan fingerprint density at radius 1 is 1.24 bits per heavy atom. The highest BCUT2D eigenvalue weighted by molar-refractivity contribution is 6.17. The minimum atomic E-state index is 0.120. The molecule has 1 aromatic rings. The monoisotopic (exact) mass is 255 g/mol. The Morgan fingerprint density at radius 3 is 2.59 bits per heavy atom. The molecule has 0 heterocycles. The van der Waals surface area contributed by atoms with Crippen LogP contribution in [0, 0.1) is 0 Å². The first kappa shape index (κ1) is 14.3. The highest BCUT2D eigenvalue weighted by Crippen LogP contribution is 2.10. The van der Waals surface area contributed by atoms with Gasteiger partial charge in [-0.25, -0.2) is 0 Å².